The second-order valence-corrected chi connectivity index (χ2v) is 5.16. The molecular weight excluding hydrogens is 268 g/mol. The molecule has 0 saturated heterocycles. The fourth-order valence-corrected chi connectivity index (χ4v) is 2.23. The molecule has 3 rings (SSSR count). The number of hydrogen-bond acceptors (Lipinski definition) is 4. The normalized spacial score (nSPS) is 17.6. The van der Waals surface area contributed by atoms with Crippen LogP contribution in [0.4, 0.5) is 5.95 Å². The molecule has 16 heavy (non-hydrogen) atoms. The van der Waals surface area contributed by atoms with Crippen molar-refractivity contribution in [2.24, 2.45) is 5.73 Å². The number of rotatable bonds is 1. The minimum Gasteiger partial charge on any atom is -0.368 e. The summed E-state index contributed by atoms with van der Waals surface area (Å²) >= 11 is 3.44. The standard InChI is InChI=1S/C11H11BrN4/c12-6-1-2-8-7(5-6)9(11(14)3-4-11)16-10(13)15-8/h1-2,5H,3-4,14H2,(H2,13,15,16). The van der Waals surface area contributed by atoms with E-state index in [2.05, 4.69) is 25.9 Å². The third-order valence-electron chi connectivity index (χ3n) is 2.94. The molecule has 2 aromatic rings. The molecule has 0 amide bonds. The van der Waals surface area contributed by atoms with Gasteiger partial charge in [0.15, 0.2) is 0 Å². The van der Waals surface area contributed by atoms with Crippen LogP contribution < -0.4 is 11.5 Å². The van der Waals surface area contributed by atoms with Crippen molar-refractivity contribution in [3.05, 3.63) is 28.4 Å². The van der Waals surface area contributed by atoms with Crippen molar-refractivity contribution in [3.8, 4) is 0 Å². The molecule has 0 radical (unpaired) electrons. The van der Waals surface area contributed by atoms with Gasteiger partial charge in [-0.15, -0.1) is 0 Å². The van der Waals surface area contributed by atoms with Crippen molar-refractivity contribution < 1.29 is 0 Å². The van der Waals surface area contributed by atoms with Gasteiger partial charge in [0.2, 0.25) is 5.95 Å². The summed E-state index contributed by atoms with van der Waals surface area (Å²) in [5, 5.41) is 0.989. The molecule has 5 heteroatoms. The van der Waals surface area contributed by atoms with Crippen molar-refractivity contribution >= 4 is 32.8 Å². The van der Waals surface area contributed by atoms with Crippen molar-refractivity contribution in [1.29, 1.82) is 0 Å². The van der Waals surface area contributed by atoms with Crippen LogP contribution in [0.2, 0.25) is 0 Å². The van der Waals surface area contributed by atoms with Gasteiger partial charge in [-0.25, -0.2) is 9.97 Å². The summed E-state index contributed by atoms with van der Waals surface area (Å²) in [6, 6.07) is 5.86. The second-order valence-electron chi connectivity index (χ2n) is 4.25. The van der Waals surface area contributed by atoms with E-state index < -0.39 is 0 Å². The number of anilines is 1. The first-order chi connectivity index (χ1) is 7.58. The lowest BCUT2D eigenvalue weighted by Crippen LogP contribution is -2.21. The highest BCUT2D eigenvalue weighted by Crippen LogP contribution is 2.44. The Bertz CT molecular complexity index is 577. The van der Waals surface area contributed by atoms with Crippen LogP contribution in [0.15, 0.2) is 22.7 Å². The molecule has 0 bridgehead atoms. The number of nitrogens with zero attached hydrogens (tertiary/aromatic N) is 2. The number of halogens is 1. The van der Waals surface area contributed by atoms with E-state index in [0.717, 1.165) is 33.9 Å². The van der Waals surface area contributed by atoms with Gasteiger partial charge >= 0.3 is 0 Å². The van der Waals surface area contributed by atoms with Gasteiger partial charge in [-0.05, 0) is 31.0 Å². The molecule has 1 fully saturated rings. The highest BCUT2D eigenvalue weighted by Gasteiger charge is 2.43. The number of aromatic nitrogens is 2. The summed E-state index contributed by atoms with van der Waals surface area (Å²) in [4.78, 5) is 8.51. The molecule has 0 atom stereocenters. The molecule has 4 nitrogen and oxygen atoms in total. The lowest BCUT2D eigenvalue weighted by atomic mass is 10.1. The largest absolute Gasteiger partial charge is 0.368 e. The summed E-state index contributed by atoms with van der Waals surface area (Å²) in [6.45, 7) is 0. The Morgan fingerprint density at radius 1 is 1.25 bits per heavy atom. The number of nitrogen functional groups attached to an aromatic ring is 1. The van der Waals surface area contributed by atoms with Crippen molar-refractivity contribution in [2.75, 3.05) is 5.73 Å². The molecule has 1 heterocycles. The minimum absolute atomic E-state index is 0.293. The first-order valence-electron chi connectivity index (χ1n) is 5.11. The zero-order valence-corrected chi connectivity index (χ0v) is 10.2. The molecule has 82 valence electrons. The van der Waals surface area contributed by atoms with E-state index in [9.17, 15) is 0 Å². The molecule has 1 aromatic carbocycles. The van der Waals surface area contributed by atoms with Crippen LogP contribution in [-0.2, 0) is 5.54 Å². The predicted molar refractivity (Wildman–Crippen MR) is 66.7 cm³/mol. The van der Waals surface area contributed by atoms with Crippen LogP contribution in [-0.4, -0.2) is 9.97 Å². The zero-order chi connectivity index (χ0) is 11.3. The van der Waals surface area contributed by atoms with E-state index in [1.165, 1.54) is 0 Å². The van der Waals surface area contributed by atoms with Gasteiger partial charge in [0.05, 0.1) is 16.7 Å². The third kappa shape index (κ3) is 1.47. The van der Waals surface area contributed by atoms with Crippen LogP contribution in [0.25, 0.3) is 10.9 Å². The van der Waals surface area contributed by atoms with Crippen LogP contribution in [0, 0.1) is 0 Å². The monoisotopic (exact) mass is 278 g/mol. The average molecular weight is 279 g/mol. The van der Waals surface area contributed by atoms with Crippen LogP contribution >= 0.6 is 15.9 Å². The van der Waals surface area contributed by atoms with Crippen LogP contribution in [0.5, 0.6) is 0 Å². The van der Waals surface area contributed by atoms with Gasteiger partial charge in [0, 0.05) is 9.86 Å². The Labute approximate surface area is 101 Å². The molecule has 0 spiro atoms. The number of hydrogen-bond donors (Lipinski definition) is 2. The average Bonchev–Trinajstić information content (AvgIpc) is 2.97. The number of nitrogens with two attached hydrogens (primary N) is 2. The molecule has 0 unspecified atom stereocenters. The smallest absolute Gasteiger partial charge is 0.220 e. The highest BCUT2D eigenvalue weighted by atomic mass is 79.9. The summed E-state index contributed by atoms with van der Waals surface area (Å²) in [7, 11) is 0. The lowest BCUT2D eigenvalue weighted by Gasteiger charge is -2.12. The Balaban J connectivity index is 2.36. The predicted octanol–water partition coefficient (Wildman–Crippen LogP) is 1.92. The number of benzene rings is 1. The number of fused-ring (bicyclic) bond motifs is 1. The molecule has 1 aliphatic carbocycles. The minimum atomic E-state index is -0.296. The van der Waals surface area contributed by atoms with Gasteiger partial charge in [-0.2, -0.15) is 0 Å². The lowest BCUT2D eigenvalue weighted by molar-refractivity contribution is 0.716. The van der Waals surface area contributed by atoms with Gasteiger partial charge in [-0.3, -0.25) is 0 Å². The molecule has 4 N–H and O–H groups in total. The highest BCUT2D eigenvalue weighted by molar-refractivity contribution is 9.10. The summed E-state index contributed by atoms with van der Waals surface area (Å²) in [5.74, 6) is 0.293. The summed E-state index contributed by atoms with van der Waals surface area (Å²) in [5.41, 5.74) is 13.3. The van der Waals surface area contributed by atoms with E-state index in [1.54, 1.807) is 0 Å². The summed E-state index contributed by atoms with van der Waals surface area (Å²) < 4.78 is 0.999. The maximum atomic E-state index is 6.19. The van der Waals surface area contributed by atoms with Crippen molar-refractivity contribution in [3.63, 3.8) is 0 Å². The van der Waals surface area contributed by atoms with Crippen molar-refractivity contribution in [1.82, 2.24) is 9.97 Å². The van der Waals surface area contributed by atoms with E-state index >= 15 is 0 Å². The van der Waals surface area contributed by atoms with Gasteiger partial charge in [0.1, 0.15) is 0 Å². The Kier molecular flexibility index (Phi) is 1.96. The second kappa shape index (κ2) is 3.15. The third-order valence-corrected chi connectivity index (χ3v) is 3.43. The topological polar surface area (TPSA) is 77.8 Å². The zero-order valence-electron chi connectivity index (χ0n) is 8.57. The molecule has 1 aromatic heterocycles. The maximum absolute atomic E-state index is 6.19. The quantitative estimate of drug-likeness (QED) is 0.836. The van der Waals surface area contributed by atoms with E-state index in [-0.39, 0.29) is 5.54 Å². The van der Waals surface area contributed by atoms with Crippen molar-refractivity contribution in [2.45, 2.75) is 18.4 Å². The maximum Gasteiger partial charge on any atom is 0.220 e. The van der Waals surface area contributed by atoms with E-state index in [4.69, 9.17) is 11.5 Å². The molecule has 1 aliphatic rings. The fraction of sp³-hybridized carbons (Fsp3) is 0.273. The molecule has 1 saturated carbocycles. The van der Waals surface area contributed by atoms with Gasteiger partial charge in [-0.1, -0.05) is 15.9 Å². The summed E-state index contributed by atoms with van der Waals surface area (Å²) in [6.07, 6.45) is 1.93. The molecule has 0 aliphatic heterocycles. The SMILES string of the molecule is Nc1nc(C2(N)CC2)c2cc(Br)ccc2n1. The Hall–Kier alpha value is -1.20. The van der Waals surface area contributed by atoms with Gasteiger partial charge < -0.3 is 11.5 Å². The Morgan fingerprint density at radius 2 is 2.00 bits per heavy atom. The van der Waals surface area contributed by atoms with Crippen LogP contribution in [0.3, 0.4) is 0 Å². The van der Waals surface area contributed by atoms with E-state index in [1.807, 2.05) is 18.2 Å². The fourth-order valence-electron chi connectivity index (χ4n) is 1.87. The first-order valence-corrected chi connectivity index (χ1v) is 5.90. The Morgan fingerprint density at radius 3 is 2.69 bits per heavy atom. The van der Waals surface area contributed by atoms with Crippen LogP contribution in [0.1, 0.15) is 18.5 Å². The first kappa shape index (κ1) is 9.99. The molecular formula is C11H11BrN4. The van der Waals surface area contributed by atoms with Gasteiger partial charge in [0.25, 0.3) is 0 Å². The van der Waals surface area contributed by atoms with E-state index in [0.29, 0.717) is 5.95 Å².